The van der Waals surface area contributed by atoms with Gasteiger partial charge in [-0.05, 0) is 67.2 Å². The first-order valence-corrected chi connectivity index (χ1v) is 8.04. The predicted molar refractivity (Wildman–Crippen MR) is 81.9 cm³/mol. The van der Waals surface area contributed by atoms with Gasteiger partial charge in [-0.2, -0.15) is 0 Å². The zero-order chi connectivity index (χ0) is 14.3. The number of benzene rings is 1. The average Bonchev–Trinajstić information content (AvgIpc) is 2.92. The molecule has 0 spiro atoms. The van der Waals surface area contributed by atoms with Gasteiger partial charge in [0.15, 0.2) is 0 Å². The van der Waals surface area contributed by atoms with Gasteiger partial charge in [0.05, 0.1) is 0 Å². The van der Waals surface area contributed by atoms with E-state index < -0.39 is 0 Å². The van der Waals surface area contributed by atoms with Crippen LogP contribution in [-0.2, 0) is 0 Å². The minimum Gasteiger partial charge on any atom is -0.349 e. The summed E-state index contributed by atoms with van der Waals surface area (Å²) >= 11 is 5.86. The molecule has 2 fully saturated rings. The zero-order valence-electron chi connectivity index (χ0n) is 12.1. The fourth-order valence-electron chi connectivity index (χ4n) is 4.08. The van der Waals surface area contributed by atoms with Gasteiger partial charge < -0.3 is 5.32 Å². The van der Waals surface area contributed by atoms with Gasteiger partial charge in [0.25, 0.3) is 5.91 Å². The predicted octanol–water partition coefficient (Wildman–Crippen LogP) is 4.14. The van der Waals surface area contributed by atoms with Gasteiger partial charge in [-0.15, -0.1) is 0 Å². The maximum atomic E-state index is 12.3. The van der Waals surface area contributed by atoms with Crippen LogP contribution in [0, 0.1) is 23.7 Å². The Kier molecular flexibility index (Phi) is 3.76. The Morgan fingerprint density at radius 2 is 1.90 bits per heavy atom. The van der Waals surface area contributed by atoms with Gasteiger partial charge in [-0.1, -0.05) is 25.4 Å². The Morgan fingerprint density at radius 1 is 1.30 bits per heavy atom. The van der Waals surface area contributed by atoms with Crippen LogP contribution in [0.2, 0.25) is 5.02 Å². The second-order valence-corrected chi connectivity index (χ2v) is 6.91. The summed E-state index contributed by atoms with van der Waals surface area (Å²) in [7, 11) is 0. The van der Waals surface area contributed by atoms with Crippen molar-refractivity contribution in [2.75, 3.05) is 0 Å². The molecule has 2 saturated carbocycles. The van der Waals surface area contributed by atoms with Crippen molar-refractivity contribution >= 4 is 17.5 Å². The van der Waals surface area contributed by atoms with Crippen molar-refractivity contribution in [3.63, 3.8) is 0 Å². The second-order valence-electron chi connectivity index (χ2n) is 6.48. The first-order valence-electron chi connectivity index (χ1n) is 7.66. The quantitative estimate of drug-likeness (QED) is 0.887. The fourth-order valence-corrected chi connectivity index (χ4v) is 4.21. The first-order chi connectivity index (χ1) is 9.60. The van der Waals surface area contributed by atoms with E-state index in [0.717, 1.165) is 24.2 Å². The van der Waals surface area contributed by atoms with E-state index in [-0.39, 0.29) is 5.91 Å². The number of amides is 1. The number of nitrogens with one attached hydrogen (secondary N) is 1. The Labute approximate surface area is 125 Å². The molecule has 3 heteroatoms. The summed E-state index contributed by atoms with van der Waals surface area (Å²) < 4.78 is 0. The third-order valence-corrected chi connectivity index (χ3v) is 5.33. The fraction of sp³-hybridized carbons (Fsp3) is 0.588. The maximum absolute atomic E-state index is 12.3. The summed E-state index contributed by atoms with van der Waals surface area (Å²) in [5.41, 5.74) is 0.701. The highest BCUT2D eigenvalue weighted by Gasteiger charge is 2.57. The standard InChI is InChI=1S/C17H22ClNO/c1-3-15(16-13-8-10(2)9-14(13)16)19-17(20)11-4-6-12(18)7-5-11/h4-7,10,13-16H,3,8-9H2,1-2H3,(H,19,20)/t10?,13-,14+,15?,16?. The van der Waals surface area contributed by atoms with Gasteiger partial charge in [0.1, 0.15) is 0 Å². The molecule has 2 aliphatic rings. The highest BCUT2D eigenvalue weighted by atomic mass is 35.5. The molecule has 2 aliphatic carbocycles. The van der Waals surface area contributed by atoms with E-state index in [4.69, 9.17) is 11.6 Å². The van der Waals surface area contributed by atoms with Gasteiger partial charge in [-0.3, -0.25) is 4.79 Å². The monoisotopic (exact) mass is 291 g/mol. The molecular weight excluding hydrogens is 270 g/mol. The number of hydrogen-bond acceptors (Lipinski definition) is 1. The van der Waals surface area contributed by atoms with Crippen LogP contribution in [0.1, 0.15) is 43.5 Å². The maximum Gasteiger partial charge on any atom is 0.251 e. The summed E-state index contributed by atoms with van der Waals surface area (Å²) in [4.78, 5) is 12.3. The van der Waals surface area contributed by atoms with Crippen LogP contribution in [-0.4, -0.2) is 11.9 Å². The van der Waals surface area contributed by atoms with E-state index in [1.165, 1.54) is 12.8 Å². The van der Waals surface area contributed by atoms with Crippen molar-refractivity contribution in [1.29, 1.82) is 0 Å². The normalized spacial score (nSPS) is 32.5. The number of rotatable bonds is 4. The van der Waals surface area contributed by atoms with Crippen LogP contribution in [0.3, 0.4) is 0 Å². The van der Waals surface area contributed by atoms with E-state index in [1.807, 2.05) is 0 Å². The molecule has 1 aromatic carbocycles. The lowest BCUT2D eigenvalue weighted by atomic mass is 9.96. The number of carbonyl (C=O) groups is 1. The van der Waals surface area contributed by atoms with Gasteiger partial charge in [0, 0.05) is 16.6 Å². The lowest BCUT2D eigenvalue weighted by Gasteiger charge is -2.20. The van der Waals surface area contributed by atoms with Crippen molar-refractivity contribution in [1.82, 2.24) is 5.32 Å². The lowest BCUT2D eigenvalue weighted by Crippen LogP contribution is -2.37. The van der Waals surface area contributed by atoms with E-state index in [9.17, 15) is 4.79 Å². The van der Waals surface area contributed by atoms with Crippen LogP contribution in [0.5, 0.6) is 0 Å². The Bertz CT molecular complexity index is 486. The summed E-state index contributed by atoms with van der Waals surface area (Å²) in [5.74, 6) is 3.35. The molecule has 0 heterocycles. The molecule has 3 unspecified atom stereocenters. The van der Waals surface area contributed by atoms with Crippen molar-refractivity contribution < 1.29 is 4.79 Å². The molecule has 20 heavy (non-hydrogen) atoms. The molecular formula is C17H22ClNO. The van der Waals surface area contributed by atoms with E-state index in [1.54, 1.807) is 24.3 Å². The number of halogens is 1. The van der Waals surface area contributed by atoms with Crippen molar-refractivity contribution in [2.24, 2.45) is 23.7 Å². The molecule has 1 N–H and O–H groups in total. The summed E-state index contributed by atoms with van der Waals surface area (Å²) in [6.07, 6.45) is 3.72. The molecule has 2 nitrogen and oxygen atoms in total. The molecule has 0 aliphatic heterocycles. The van der Waals surface area contributed by atoms with E-state index in [0.29, 0.717) is 22.5 Å². The van der Waals surface area contributed by atoms with Crippen molar-refractivity contribution in [3.05, 3.63) is 34.9 Å². The molecule has 0 saturated heterocycles. The van der Waals surface area contributed by atoms with Crippen LogP contribution in [0.15, 0.2) is 24.3 Å². The second kappa shape index (κ2) is 5.40. The molecule has 0 radical (unpaired) electrons. The minimum atomic E-state index is 0.0338. The van der Waals surface area contributed by atoms with Crippen LogP contribution < -0.4 is 5.32 Å². The number of fused-ring (bicyclic) bond motifs is 1. The summed E-state index contributed by atoms with van der Waals surface area (Å²) in [6, 6.07) is 7.46. The van der Waals surface area contributed by atoms with E-state index >= 15 is 0 Å². The Balaban J connectivity index is 1.61. The molecule has 3 rings (SSSR count). The SMILES string of the molecule is CCC(NC(=O)c1ccc(Cl)cc1)C1[C@H]2CC(C)C[C@@H]12. The summed E-state index contributed by atoms with van der Waals surface area (Å²) in [6.45, 7) is 4.51. The minimum absolute atomic E-state index is 0.0338. The Morgan fingerprint density at radius 3 is 2.45 bits per heavy atom. The van der Waals surface area contributed by atoms with Gasteiger partial charge in [0.2, 0.25) is 0 Å². The molecule has 108 valence electrons. The molecule has 0 bridgehead atoms. The highest BCUT2D eigenvalue weighted by Crippen LogP contribution is 2.61. The average molecular weight is 292 g/mol. The molecule has 5 atom stereocenters. The van der Waals surface area contributed by atoms with Crippen LogP contribution in [0.4, 0.5) is 0 Å². The van der Waals surface area contributed by atoms with Gasteiger partial charge in [-0.25, -0.2) is 0 Å². The molecule has 1 amide bonds. The third kappa shape index (κ3) is 2.58. The third-order valence-electron chi connectivity index (χ3n) is 5.07. The Hall–Kier alpha value is -1.02. The van der Waals surface area contributed by atoms with Crippen LogP contribution in [0.25, 0.3) is 0 Å². The van der Waals surface area contributed by atoms with Crippen LogP contribution >= 0.6 is 11.6 Å². The molecule has 1 aromatic rings. The smallest absolute Gasteiger partial charge is 0.251 e. The van der Waals surface area contributed by atoms with Crippen molar-refractivity contribution in [3.8, 4) is 0 Å². The number of hydrogen-bond donors (Lipinski definition) is 1. The molecule has 0 aromatic heterocycles. The zero-order valence-corrected chi connectivity index (χ0v) is 12.9. The highest BCUT2D eigenvalue weighted by molar-refractivity contribution is 6.30. The number of carbonyl (C=O) groups excluding carboxylic acids is 1. The van der Waals surface area contributed by atoms with E-state index in [2.05, 4.69) is 19.2 Å². The van der Waals surface area contributed by atoms with Crippen molar-refractivity contribution in [2.45, 2.75) is 39.2 Å². The topological polar surface area (TPSA) is 29.1 Å². The largest absolute Gasteiger partial charge is 0.349 e. The first kappa shape index (κ1) is 13.9. The van der Waals surface area contributed by atoms with Gasteiger partial charge >= 0.3 is 0 Å². The summed E-state index contributed by atoms with van der Waals surface area (Å²) in [5, 5.41) is 3.89. The lowest BCUT2D eigenvalue weighted by molar-refractivity contribution is 0.0927.